The van der Waals surface area contributed by atoms with E-state index in [1.54, 1.807) is 6.07 Å². The van der Waals surface area contributed by atoms with Gasteiger partial charge in [-0.3, -0.25) is 9.88 Å². The molecule has 8 heteroatoms. The molecular formula is C20H23N3O4S. The van der Waals surface area contributed by atoms with Crippen LogP contribution in [0.25, 0.3) is 11.1 Å². The number of H-pyrrole nitrogens is 1. The molecule has 1 atom stereocenters. The van der Waals surface area contributed by atoms with Crippen molar-refractivity contribution in [2.75, 3.05) is 26.2 Å². The summed E-state index contributed by atoms with van der Waals surface area (Å²) < 4.78 is 32.6. The van der Waals surface area contributed by atoms with E-state index in [1.165, 1.54) is 22.0 Å². The maximum absolute atomic E-state index is 13.0. The number of oxazole rings is 1. The van der Waals surface area contributed by atoms with Crippen molar-refractivity contribution in [3.05, 3.63) is 64.6 Å². The molecule has 0 spiro atoms. The maximum Gasteiger partial charge on any atom is 0.417 e. The van der Waals surface area contributed by atoms with Gasteiger partial charge < -0.3 is 4.42 Å². The van der Waals surface area contributed by atoms with Gasteiger partial charge in [0.15, 0.2) is 5.58 Å². The fourth-order valence-corrected chi connectivity index (χ4v) is 5.19. The van der Waals surface area contributed by atoms with E-state index in [-0.39, 0.29) is 16.5 Å². The van der Waals surface area contributed by atoms with Gasteiger partial charge in [0.1, 0.15) is 0 Å². The molecule has 0 radical (unpaired) electrons. The second-order valence-electron chi connectivity index (χ2n) is 7.16. The lowest BCUT2D eigenvalue weighted by Gasteiger charge is -2.39. The molecule has 1 fully saturated rings. The van der Waals surface area contributed by atoms with Crippen LogP contribution in [0.5, 0.6) is 0 Å². The minimum atomic E-state index is -3.64. The molecule has 1 saturated heterocycles. The van der Waals surface area contributed by atoms with Crippen molar-refractivity contribution in [2.45, 2.75) is 24.3 Å². The zero-order valence-corrected chi connectivity index (χ0v) is 16.5. The first-order chi connectivity index (χ1) is 13.4. The molecule has 3 aromatic rings. The van der Waals surface area contributed by atoms with Gasteiger partial charge in [-0.25, -0.2) is 13.2 Å². The molecule has 1 aromatic heterocycles. The van der Waals surface area contributed by atoms with Gasteiger partial charge in [-0.05, 0) is 31.0 Å². The molecule has 2 heterocycles. The highest BCUT2D eigenvalue weighted by Gasteiger charge is 2.32. The van der Waals surface area contributed by atoms with Gasteiger partial charge in [0.25, 0.3) is 0 Å². The first-order valence-electron chi connectivity index (χ1n) is 9.34. The van der Waals surface area contributed by atoms with E-state index < -0.39 is 15.8 Å². The molecule has 2 aromatic carbocycles. The Morgan fingerprint density at radius 2 is 1.93 bits per heavy atom. The number of nitrogens with one attached hydrogen (secondary N) is 1. The van der Waals surface area contributed by atoms with Crippen LogP contribution in [0, 0.1) is 0 Å². The number of piperazine rings is 1. The molecule has 0 amide bonds. The fraction of sp³-hybridized carbons (Fsp3) is 0.350. The fourth-order valence-electron chi connectivity index (χ4n) is 3.66. The van der Waals surface area contributed by atoms with Crippen molar-refractivity contribution in [3.63, 3.8) is 0 Å². The minimum absolute atomic E-state index is 0.126. The zero-order valence-electron chi connectivity index (χ0n) is 15.7. The number of sulfonamides is 1. The van der Waals surface area contributed by atoms with Gasteiger partial charge in [0, 0.05) is 38.3 Å². The number of rotatable bonds is 5. The molecule has 1 aliphatic rings. The number of hydrogen-bond donors (Lipinski definition) is 1. The van der Waals surface area contributed by atoms with Crippen LogP contribution in [-0.4, -0.2) is 54.8 Å². The van der Waals surface area contributed by atoms with E-state index in [4.69, 9.17) is 4.42 Å². The van der Waals surface area contributed by atoms with Crippen molar-refractivity contribution in [1.29, 1.82) is 0 Å². The monoisotopic (exact) mass is 401 g/mol. The molecule has 0 saturated carbocycles. The second kappa shape index (κ2) is 7.54. The largest absolute Gasteiger partial charge is 0.417 e. The van der Waals surface area contributed by atoms with Crippen LogP contribution in [0.4, 0.5) is 0 Å². The van der Waals surface area contributed by atoms with Crippen LogP contribution < -0.4 is 5.76 Å². The van der Waals surface area contributed by atoms with Crippen molar-refractivity contribution in [2.24, 2.45) is 0 Å². The Hall–Kier alpha value is -2.42. The number of hydrogen-bond acceptors (Lipinski definition) is 5. The van der Waals surface area contributed by atoms with Gasteiger partial charge in [-0.2, -0.15) is 4.31 Å². The third kappa shape index (κ3) is 3.76. The van der Waals surface area contributed by atoms with Crippen molar-refractivity contribution >= 4 is 21.1 Å². The lowest BCUT2D eigenvalue weighted by Crippen LogP contribution is -2.53. The first-order valence-corrected chi connectivity index (χ1v) is 10.8. The molecule has 1 aliphatic heterocycles. The highest BCUT2D eigenvalue weighted by atomic mass is 32.2. The minimum Gasteiger partial charge on any atom is -0.408 e. The van der Waals surface area contributed by atoms with Crippen LogP contribution in [-0.2, 0) is 16.4 Å². The van der Waals surface area contributed by atoms with E-state index >= 15 is 0 Å². The molecule has 4 rings (SSSR count). The van der Waals surface area contributed by atoms with E-state index in [0.717, 1.165) is 13.0 Å². The van der Waals surface area contributed by atoms with E-state index in [0.29, 0.717) is 25.2 Å². The standard InChI is InChI=1S/C20H23N3O4S/c1-15-14-23(12-11-22(15)10-9-16-5-3-2-4-6-16)28(25,26)17-7-8-18-19(13-17)27-20(24)21-18/h2-8,13,15H,9-12,14H2,1H3,(H,21,24). The third-order valence-electron chi connectivity index (χ3n) is 5.29. The van der Waals surface area contributed by atoms with E-state index in [2.05, 4.69) is 28.9 Å². The summed E-state index contributed by atoms with van der Waals surface area (Å²) in [6.45, 7) is 4.53. The molecule has 7 nitrogen and oxygen atoms in total. The molecule has 28 heavy (non-hydrogen) atoms. The summed E-state index contributed by atoms with van der Waals surface area (Å²) >= 11 is 0. The van der Waals surface area contributed by atoms with Gasteiger partial charge in [-0.1, -0.05) is 30.3 Å². The second-order valence-corrected chi connectivity index (χ2v) is 9.09. The summed E-state index contributed by atoms with van der Waals surface area (Å²) in [6.07, 6.45) is 0.946. The average molecular weight is 401 g/mol. The predicted molar refractivity (Wildman–Crippen MR) is 107 cm³/mol. The van der Waals surface area contributed by atoms with Crippen molar-refractivity contribution in [3.8, 4) is 0 Å². The van der Waals surface area contributed by atoms with Crippen LogP contribution in [0.15, 0.2) is 62.6 Å². The number of benzene rings is 2. The maximum atomic E-state index is 13.0. The third-order valence-corrected chi connectivity index (χ3v) is 7.15. The summed E-state index contributed by atoms with van der Waals surface area (Å²) in [5.41, 5.74) is 2.02. The van der Waals surface area contributed by atoms with Crippen LogP contribution in [0.2, 0.25) is 0 Å². The number of aromatic nitrogens is 1. The highest BCUT2D eigenvalue weighted by Crippen LogP contribution is 2.23. The number of nitrogens with zero attached hydrogens (tertiary/aromatic N) is 2. The van der Waals surface area contributed by atoms with Crippen LogP contribution >= 0.6 is 0 Å². The first kappa shape index (κ1) is 18.9. The Morgan fingerprint density at radius 1 is 1.14 bits per heavy atom. The Balaban J connectivity index is 1.45. The Kier molecular flexibility index (Phi) is 5.09. The summed E-state index contributed by atoms with van der Waals surface area (Å²) in [5.74, 6) is -0.592. The van der Waals surface area contributed by atoms with Crippen LogP contribution in [0.3, 0.4) is 0 Å². The van der Waals surface area contributed by atoms with E-state index in [9.17, 15) is 13.2 Å². The molecule has 0 bridgehead atoms. The lowest BCUT2D eigenvalue weighted by atomic mass is 10.1. The quantitative estimate of drug-likeness (QED) is 0.707. The summed E-state index contributed by atoms with van der Waals surface area (Å²) in [7, 11) is -3.64. The number of fused-ring (bicyclic) bond motifs is 1. The summed E-state index contributed by atoms with van der Waals surface area (Å²) in [4.78, 5) is 16.3. The molecule has 148 valence electrons. The van der Waals surface area contributed by atoms with Crippen LogP contribution in [0.1, 0.15) is 12.5 Å². The Morgan fingerprint density at radius 3 is 2.68 bits per heavy atom. The lowest BCUT2D eigenvalue weighted by molar-refractivity contribution is 0.130. The average Bonchev–Trinajstić information content (AvgIpc) is 3.07. The summed E-state index contributed by atoms with van der Waals surface area (Å²) in [6, 6.07) is 14.9. The smallest absolute Gasteiger partial charge is 0.408 e. The Bertz CT molecular complexity index is 1120. The van der Waals surface area contributed by atoms with Gasteiger partial charge in [0.2, 0.25) is 10.0 Å². The SMILES string of the molecule is CC1CN(S(=O)(=O)c2ccc3[nH]c(=O)oc3c2)CCN1CCc1ccccc1. The highest BCUT2D eigenvalue weighted by molar-refractivity contribution is 7.89. The van der Waals surface area contributed by atoms with E-state index in [1.807, 2.05) is 18.2 Å². The van der Waals surface area contributed by atoms with Gasteiger partial charge >= 0.3 is 5.76 Å². The van der Waals surface area contributed by atoms with Crippen molar-refractivity contribution in [1.82, 2.24) is 14.2 Å². The van der Waals surface area contributed by atoms with Gasteiger partial charge in [0.05, 0.1) is 10.4 Å². The zero-order chi connectivity index (χ0) is 19.7. The molecular weight excluding hydrogens is 378 g/mol. The topological polar surface area (TPSA) is 86.6 Å². The predicted octanol–water partition coefficient (Wildman–Crippen LogP) is 2.06. The number of aromatic amines is 1. The molecule has 1 N–H and O–H groups in total. The molecule has 1 unspecified atom stereocenters. The summed E-state index contributed by atoms with van der Waals surface area (Å²) in [5, 5.41) is 0. The Labute approximate surface area is 163 Å². The van der Waals surface area contributed by atoms with Crippen molar-refractivity contribution < 1.29 is 12.8 Å². The molecule has 0 aliphatic carbocycles. The van der Waals surface area contributed by atoms with Gasteiger partial charge in [-0.15, -0.1) is 0 Å². The normalized spacial score (nSPS) is 19.2.